The van der Waals surface area contributed by atoms with Gasteiger partial charge in [0.2, 0.25) is 0 Å². The number of ketones is 1. The third-order valence-corrected chi connectivity index (χ3v) is 1.64. The van der Waals surface area contributed by atoms with Crippen LogP contribution in [0.4, 0.5) is 0 Å². The van der Waals surface area contributed by atoms with Crippen molar-refractivity contribution in [3.05, 3.63) is 29.8 Å². The molecule has 3 N–H and O–H groups in total. The van der Waals surface area contributed by atoms with Crippen molar-refractivity contribution in [3.63, 3.8) is 0 Å². The van der Waals surface area contributed by atoms with Gasteiger partial charge in [0.05, 0.1) is 0 Å². The number of carbonyl (C=O) groups excluding carboxylic acids is 1. The quantitative estimate of drug-likeness (QED) is 0.387. The maximum atomic E-state index is 10.7. The SMILES string of the molecule is O=C(O)C(=O)/C=C/c1ccc(O)c(O)c1. The van der Waals surface area contributed by atoms with E-state index in [1.54, 1.807) is 0 Å². The van der Waals surface area contributed by atoms with Gasteiger partial charge < -0.3 is 15.3 Å². The molecule has 1 aromatic rings. The van der Waals surface area contributed by atoms with Crippen LogP contribution in [0.1, 0.15) is 5.56 Å². The minimum atomic E-state index is -1.55. The molecule has 0 spiro atoms. The molecule has 0 heterocycles. The summed E-state index contributed by atoms with van der Waals surface area (Å²) < 4.78 is 0. The normalized spacial score (nSPS) is 10.4. The van der Waals surface area contributed by atoms with Crippen molar-refractivity contribution in [1.82, 2.24) is 0 Å². The molecule has 0 aliphatic carbocycles. The topological polar surface area (TPSA) is 94.8 Å². The smallest absolute Gasteiger partial charge is 0.376 e. The molecule has 5 heteroatoms. The summed E-state index contributed by atoms with van der Waals surface area (Å²) in [7, 11) is 0. The van der Waals surface area contributed by atoms with Gasteiger partial charge in [-0.15, -0.1) is 0 Å². The van der Waals surface area contributed by atoms with Gasteiger partial charge in [-0.05, 0) is 23.8 Å². The summed E-state index contributed by atoms with van der Waals surface area (Å²) >= 11 is 0. The number of benzene rings is 1. The predicted octanol–water partition coefficient (Wildman–Crippen LogP) is 0.765. The van der Waals surface area contributed by atoms with Crippen LogP contribution in [0.15, 0.2) is 24.3 Å². The van der Waals surface area contributed by atoms with Crippen molar-refractivity contribution in [1.29, 1.82) is 0 Å². The molecule has 1 rings (SSSR count). The van der Waals surface area contributed by atoms with E-state index < -0.39 is 11.8 Å². The van der Waals surface area contributed by atoms with E-state index in [2.05, 4.69) is 0 Å². The molecule has 0 amide bonds. The Balaban J connectivity index is 2.86. The van der Waals surface area contributed by atoms with Crippen LogP contribution in [0, 0.1) is 0 Å². The summed E-state index contributed by atoms with van der Waals surface area (Å²) in [6, 6.07) is 3.88. The number of hydrogen-bond acceptors (Lipinski definition) is 4. The van der Waals surface area contributed by atoms with E-state index in [4.69, 9.17) is 15.3 Å². The predicted molar refractivity (Wildman–Crippen MR) is 51.4 cm³/mol. The molecule has 15 heavy (non-hydrogen) atoms. The van der Waals surface area contributed by atoms with Gasteiger partial charge in [0.1, 0.15) is 0 Å². The number of aliphatic carboxylic acids is 1. The second-order valence-electron chi connectivity index (χ2n) is 2.75. The zero-order valence-corrected chi connectivity index (χ0v) is 7.54. The molecule has 0 bridgehead atoms. The average molecular weight is 208 g/mol. The highest BCUT2D eigenvalue weighted by Crippen LogP contribution is 2.25. The number of carboxylic acid groups (broad SMARTS) is 1. The fraction of sp³-hybridized carbons (Fsp3) is 0. The largest absolute Gasteiger partial charge is 0.504 e. The minimum absolute atomic E-state index is 0.281. The van der Waals surface area contributed by atoms with Crippen molar-refractivity contribution in [3.8, 4) is 11.5 Å². The van der Waals surface area contributed by atoms with Crippen LogP contribution in [0.5, 0.6) is 11.5 Å². The second kappa shape index (κ2) is 4.28. The zero-order chi connectivity index (χ0) is 11.4. The van der Waals surface area contributed by atoms with Crippen molar-refractivity contribution in [2.24, 2.45) is 0 Å². The van der Waals surface area contributed by atoms with Crippen LogP contribution in [-0.2, 0) is 9.59 Å². The summed E-state index contributed by atoms with van der Waals surface area (Å²) in [6.07, 6.45) is 2.10. The van der Waals surface area contributed by atoms with E-state index in [0.29, 0.717) is 5.56 Å². The lowest BCUT2D eigenvalue weighted by Crippen LogP contribution is -2.08. The molecular formula is C10H8O5. The van der Waals surface area contributed by atoms with Crippen molar-refractivity contribution >= 4 is 17.8 Å². The molecule has 5 nitrogen and oxygen atoms in total. The van der Waals surface area contributed by atoms with Gasteiger partial charge in [0.15, 0.2) is 11.5 Å². The van der Waals surface area contributed by atoms with Crippen LogP contribution in [-0.4, -0.2) is 27.1 Å². The number of phenols is 2. The Morgan fingerprint density at radius 2 is 1.80 bits per heavy atom. The standard InChI is InChI=1S/C10H8O5/c11-7-3-1-6(5-9(7)13)2-4-8(12)10(14)15/h1-5,11,13H,(H,14,15)/b4-2+. The molecule has 0 aromatic heterocycles. The summed E-state index contributed by atoms with van der Waals surface area (Å²) in [6.45, 7) is 0. The Labute approximate surface area is 84.9 Å². The zero-order valence-electron chi connectivity index (χ0n) is 7.54. The minimum Gasteiger partial charge on any atom is -0.504 e. The fourth-order valence-electron chi connectivity index (χ4n) is 0.887. The molecule has 0 unspecified atom stereocenters. The molecule has 0 aliphatic heterocycles. The Hall–Kier alpha value is -2.30. The highest BCUT2D eigenvalue weighted by Gasteiger charge is 2.05. The molecule has 0 saturated heterocycles. The Morgan fingerprint density at radius 1 is 1.13 bits per heavy atom. The first-order valence-electron chi connectivity index (χ1n) is 3.98. The van der Waals surface area contributed by atoms with Crippen LogP contribution < -0.4 is 0 Å². The number of carbonyl (C=O) groups is 2. The molecule has 0 atom stereocenters. The molecular weight excluding hydrogens is 200 g/mol. The van der Waals surface area contributed by atoms with Gasteiger partial charge in [-0.1, -0.05) is 12.1 Å². The van der Waals surface area contributed by atoms with Crippen LogP contribution in [0.3, 0.4) is 0 Å². The number of carboxylic acids is 1. The molecule has 78 valence electrons. The van der Waals surface area contributed by atoms with Gasteiger partial charge in [-0.2, -0.15) is 0 Å². The van der Waals surface area contributed by atoms with Gasteiger partial charge in [-0.3, -0.25) is 4.79 Å². The second-order valence-corrected chi connectivity index (χ2v) is 2.75. The highest BCUT2D eigenvalue weighted by molar-refractivity contribution is 6.38. The fourth-order valence-corrected chi connectivity index (χ4v) is 0.887. The third kappa shape index (κ3) is 2.84. The van der Waals surface area contributed by atoms with Crippen LogP contribution in [0.2, 0.25) is 0 Å². The van der Waals surface area contributed by atoms with E-state index >= 15 is 0 Å². The Kier molecular flexibility index (Phi) is 3.07. The van der Waals surface area contributed by atoms with Gasteiger partial charge in [-0.25, -0.2) is 4.79 Å². The Bertz CT molecular complexity index is 433. The van der Waals surface area contributed by atoms with Crippen molar-refractivity contribution in [2.45, 2.75) is 0 Å². The summed E-state index contributed by atoms with van der Waals surface area (Å²) in [4.78, 5) is 20.8. The van der Waals surface area contributed by atoms with Crippen LogP contribution in [0.25, 0.3) is 6.08 Å². The van der Waals surface area contributed by atoms with Crippen molar-refractivity contribution in [2.75, 3.05) is 0 Å². The summed E-state index contributed by atoms with van der Waals surface area (Å²) in [5, 5.41) is 26.3. The lowest BCUT2D eigenvalue weighted by Gasteiger charge is -1.97. The lowest BCUT2D eigenvalue weighted by molar-refractivity contribution is -0.146. The molecule has 1 aromatic carbocycles. The molecule has 0 fully saturated rings. The maximum Gasteiger partial charge on any atom is 0.376 e. The molecule has 0 radical (unpaired) electrons. The average Bonchev–Trinajstić information content (AvgIpc) is 2.19. The van der Waals surface area contributed by atoms with Gasteiger partial charge in [0, 0.05) is 0 Å². The Morgan fingerprint density at radius 3 is 2.33 bits per heavy atom. The first kappa shape index (κ1) is 10.8. The van der Waals surface area contributed by atoms with Gasteiger partial charge >= 0.3 is 5.97 Å². The number of hydrogen-bond donors (Lipinski definition) is 3. The third-order valence-electron chi connectivity index (χ3n) is 1.64. The number of rotatable bonds is 3. The first-order chi connectivity index (χ1) is 7.00. The highest BCUT2D eigenvalue weighted by atomic mass is 16.4. The number of phenolic OH excluding ortho intramolecular Hbond substituents is 2. The van der Waals surface area contributed by atoms with E-state index in [1.165, 1.54) is 24.3 Å². The summed E-state index contributed by atoms with van der Waals surface area (Å²) in [5.41, 5.74) is 0.417. The lowest BCUT2D eigenvalue weighted by atomic mass is 10.2. The van der Waals surface area contributed by atoms with E-state index in [1.807, 2.05) is 0 Å². The van der Waals surface area contributed by atoms with Crippen LogP contribution >= 0.6 is 0 Å². The van der Waals surface area contributed by atoms with E-state index in [-0.39, 0.29) is 11.5 Å². The van der Waals surface area contributed by atoms with E-state index in [9.17, 15) is 9.59 Å². The summed E-state index contributed by atoms with van der Waals surface area (Å²) in [5.74, 6) is -3.21. The van der Waals surface area contributed by atoms with E-state index in [0.717, 1.165) is 6.08 Å². The first-order valence-corrected chi connectivity index (χ1v) is 3.98. The maximum absolute atomic E-state index is 10.7. The van der Waals surface area contributed by atoms with Gasteiger partial charge in [0.25, 0.3) is 5.78 Å². The van der Waals surface area contributed by atoms with Crippen molar-refractivity contribution < 1.29 is 24.9 Å². The molecule has 0 saturated carbocycles. The monoisotopic (exact) mass is 208 g/mol. The number of aromatic hydroxyl groups is 2. The molecule has 0 aliphatic rings.